The maximum absolute atomic E-state index is 13.8. The summed E-state index contributed by atoms with van der Waals surface area (Å²) in [6, 6.07) is 12.7. The third-order valence-electron chi connectivity index (χ3n) is 6.15. The van der Waals surface area contributed by atoms with Crippen molar-refractivity contribution in [3.63, 3.8) is 0 Å². The zero-order valence-electron chi connectivity index (χ0n) is 21.3. The number of hydrogen-bond acceptors (Lipinski definition) is 7. The summed E-state index contributed by atoms with van der Waals surface area (Å²) in [5.74, 6) is 1.01. The van der Waals surface area contributed by atoms with Crippen LogP contribution in [0.3, 0.4) is 0 Å². The van der Waals surface area contributed by atoms with Crippen LogP contribution >= 0.6 is 11.3 Å². The minimum Gasteiger partial charge on any atom is -0.497 e. The number of rotatable bonds is 7. The van der Waals surface area contributed by atoms with E-state index in [9.17, 15) is 9.59 Å². The maximum Gasteiger partial charge on any atom is 0.338 e. The van der Waals surface area contributed by atoms with Gasteiger partial charge in [-0.2, -0.15) is 0 Å². The molecule has 188 valence electrons. The third kappa shape index (κ3) is 4.73. The van der Waals surface area contributed by atoms with E-state index >= 15 is 0 Å². The molecule has 0 spiro atoms. The van der Waals surface area contributed by atoms with Gasteiger partial charge in [-0.05, 0) is 55.2 Å². The highest BCUT2D eigenvalue weighted by Crippen LogP contribution is 2.37. The molecule has 0 unspecified atom stereocenters. The number of aromatic nitrogens is 1. The van der Waals surface area contributed by atoms with Crippen molar-refractivity contribution in [2.45, 2.75) is 39.7 Å². The van der Waals surface area contributed by atoms with E-state index in [1.165, 1.54) is 16.9 Å². The summed E-state index contributed by atoms with van der Waals surface area (Å²) in [4.78, 5) is 32.1. The smallest absolute Gasteiger partial charge is 0.338 e. The van der Waals surface area contributed by atoms with E-state index in [0.717, 1.165) is 5.56 Å². The van der Waals surface area contributed by atoms with E-state index in [4.69, 9.17) is 14.2 Å². The standard InChI is InChI=1S/C28H30N2O5S/c1-7-35-27(32)24-17(4)29-28-30(25(24)21-15-20(33-5)12-13-22(21)34-6)26(31)23(36-28)14-18-8-10-19(11-9-18)16(2)3/h8-16,25H,7H2,1-6H3/b23-14+/t25-/m1/s1. The van der Waals surface area contributed by atoms with Crippen LogP contribution in [0.1, 0.15) is 56.3 Å². The van der Waals surface area contributed by atoms with Crippen LogP contribution < -0.4 is 24.4 Å². The van der Waals surface area contributed by atoms with Crippen LogP contribution in [0.4, 0.5) is 0 Å². The van der Waals surface area contributed by atoms with Crippen LogP contribution in [0.5, 0.6) is 11.5 Å². The Hall–Kier alpha value is -3.65. The van der Waals surface area contributed by atoms with Crippen molar-refractivity contribution < 1.29 is 19.0 Å². The van der Waals surface area contributed by atoms with Gasteiger partial charge in [0.2, 0.25) is 0 Å². The zero-order valence-corrected chi connectivity index (χ0v) is 22.1. The molecule has 4 rings (SSSR count). The minimum atomic E-state index is -0.782. The second-order valence-electron chi connectivity index (χ2n) is 8.73. The molecular weight excluding hydrogens is 476 g/mol. The summed E-state index contributed by atoms with van der Waals surface area (Å²) in [6.07, 6.45) is 1.86. The lowest BCUT2D eigenvalue weighted by Crippen LogP contribution is -2.40. The number of benzene rings is 2. The van der Waals surface area contributed by atoms with Gasteiger partial charge in [0.05, 0.1) is 36.6 Å². The topological polar surface area (TPSA) is 79.1 Å². The van der Waals surface area contributed by atoms with E-state index in [2.05, 4.69) is 31.0 Å². The van der Waals surface area contributed by atoms with Crippen molar-refractivity contribution in [2.75, 3.05) is 20.8 Å². The van der Waals surface area contributed by atoms with Crippen molar-refractivity contribution in [1.29, 1.82) is 0 Å². The minimum absolute atomic E-state index is 0.203. The Morgan fingerprint density at radius 3 is 2.47 bits per heavy atom. The highest BCUT2D eigenvalue weighted by molar-refractivity contribution is 7.07. The summed E-state index contributed by atoms with van der Waals surface area (Å²) in [6.45, 7) is 7.99. The van der Waals surface area contributed by atoms with Crippen molar-refractivity contribution in [2.24, 2.45) is 4.99 Å². The van der Waals surface area contributed by atoms with E-state index in [1.54, 1.807) is 50.8 Å². The first-order chi connectivity index (χ1) is 17.3. The van der Waals surface area contributed by atoms with Crippen LogP contribution in [0.15, 0.2) is 63.5 Å². The van der Waals surface area contributed by atoms with Crippen molar-refractivity contribution >= 4 is 23.4 Å². The number of ether oxygens (including phenoxy) is 3. The number of carbonyl (C=O) groups is 1. The number of fused-ring (bicyclic) bond motifs is 1. The van der Waals surface area contributed by atoms with Gasteiger partial charge in [-0.1, -0.05) is 49.4 Å². The maximum atomic E-state index is 13.8. The van der Waals surface area contributed by atoms with Crippen LogP contribution in [-0.2, 0) is 9.53 Å². The van der Waals surface area contributed by atoms with Crippen molar-refractivity contribution in [3.05, 3.63) is 90.1 Å². The molecule has 0 amide bonds. The Labute approximate surface area is 214 Å². The third-order valence-corrected chi connectivity index (χ3v) is 7.13. The molecule has 36 heavy (non-hydrogen) atoms. The summed E-state index contributed by atoms with van der Waals surface area (Å²) >= 11 is 1.29. The molecule has 0 radical (unpaired) electrons. The van der Waals surface area contributed by atoms with Crippen molar-refractivity contribution in [3.8, 4) is 11.5 Å². The predicted octanol–water partition coefficient (Wildman–Crippen LogP) is 3.94. The van der Waals surface area contributed by atoms with Gasteiger partial charge in [-0.15, -0.1) is 0 Å². The lowest BCUT2D eigenvalue weighted by atomic mass is 9.94. The van der Waals surface area contributed by atoms with E-state index in [1.807, 2.05) is 18.2 Å². The first-order valence-electron chi connectivity index (χ1n) is 11.8. The molecule has 0 saturated heterocycles. The molecule has 0 aliphatic carbocycles. The van der Waals surface area contributed by atoms with Gasteiger partial charge in [0.15, 0.2) is 4.80 Å². The average Bonchev–Trinajstić information content (AvgIpc) is 3.17. The summed E-state index contributed by atoms with van der Waals surface area (Å²) in [5.41, 5.74) is 3.31. The lowest BCUT2D eigenvalue weighted by Gasteiger charge is -2.26. The Balaban J connectivity index is 1.96. The molecule has 1 aliphatic rings. The van der Waals surface area contributed by atoms with Gasteiger partial charge in [0.1, 0.15) is 17.5 Å². The van der Waals surface area contributed by atoms with E-state index < -0.39 is 12.0 Å². The van der Waals surface area contributed by atoms with Gasteiger partial charge in [-0.25, -0.2) is 9.79 Å². The number of esters is 1. The highest BCUT2D eigenvalue weighted by atomic mass is 32.1. The van der Waals surface area contributed by atoms with E-state index in [-0.39, 0.29) is 12.2 Å². The summed E-state index contributed by atoms with van der Waals surface area (Å²) in [5, 5.41) is 0. The molecule has 8 heteroatoms. The quantitative estimate of drug-likeness (QED) is 0.454. The number of carbonyl (C=O) groups excluding carboxylic acids is 1. The molecule has 1 atom stereocenters. The SMILES string of the molecule is CCOC(=O)C1=C(C)N=c2s/c(=C/c3ccc(C(C)C)cc3)c(=O)n2[C@@H]1c1cc(OC)ccc1OC. The molecule has 1 aromatic heterocycles. The second kappa shape index (κ2) is 10.5. The molecule has 1 aliphatic heterocycles. The van der Waals surface area contributed by atoms with Crippen LogP contribution in [0, 0.1) is 0 Å². The van der Waals surface area contributed by atoms with Crippen LogP contribution in [0.2, 0.25) is 0 Å². The number of hydrogen-bond donors (Lipinski definition) is 0. The number of methoxy groups -OCH3 is 2. The van der Waals surface area contributed by atoms with Gasteiger partial charge in [-0.3, -0.25) is 9.36 Å². The Morgan fingerprint density at radius 2 is 1.86 bits per heavy atom. The lowest BCUT2D eigenvalue weighted by molar-refractivity contribution is -0.139. The first-order valence-corrected chi connectivity index (χ1v) is 12.6. The molecule has 2 heterocycles. The van der Waals surface area contributed by atoms with Crippen molar-refractivity contribution in [1.82, 2.24) is 4.57 Å². The molecule has 2 aromatic carbocycles. The zero-order chi connectivity index (χ0) is 26.0. The Bertz CT molecular complexity index is 1500. The van der Waals surface area contributed by atoms with Gasteiger partial charge in [0.25, 0.3) is 5.56 Å². The fourth-order valence-corrected chi connectivity index (χ4v) is 5.31. The number of thiazole rings is 1. The molecule has 0 saturated carbocycles. The predicted molar refractivity (Wildman–Crippen MR) is 140 cm³/mol. The Kier molecular flexibility index (Phi) is 7.45. The number of allylic oxidation sites excluding steroid dienone is 1. The average molecular weight is 507 g/mol. The highest BCUT2D eigenvalue weighted by Gasteiger charge is 2.35. The fourth-order valence-electron chi connectivity index (χ4n) is 4.27. The first kappa shape index (κ1) is 25.4. The number of nitrogens with zero attached hydrogens (tertiary/aromatic N) is 2. The fraction of sp³-hybridized carbons (Fsp3) is 0.321. The van der Waals surface area contributed by atoms with Gasteiger partial charge >= 0.3 is 5.97 Å². The van der Waals surface area contributed by atoms with Crippen LogP contribution in [0.25, 0.3) is 6.08 Å². The molecule has 0 bridgehead atoms. The molecule has 3 aromatic rings. The summed E-state index contributed by atoms with van der Waals surface area (Å²) < 4.78 is 18.5. The second-order valence-corrected chi connectivity index (χ2v) is 9.74. The Morgan fingerprint density at radius 1 is 1.14 bits per heavy atom. The largest absolute Gasteiger partial charge is 0.497 e. The normalized spacial score (nSPS) is 15.5. The van der Waals surface area contributed by atoms with Gasteiger partial charge in [0, 0.05) is 5.56 Å². The summed E-state index contributed by atoms with van der Waals surface area (Å²) in [7, 11) is 3.12. The molecular formula is C28H30N2O5S. The molecule has 0 fully saturated rings. The van der Waals surface area contributed by atoms with Crippen LogP contribution in [-0.4, -0.2) is 31.4 Å². The molecule has 7 nitrogen and oxygen atoms in total. The molecule has 0 N–H and O–H groups in total. The monoisotopic (exact) mass is 506 g/mol. The van der Waals surface area contributed by atoms with E-state index in [0.29, 0.717) is 43.6 Å². The van der Waals surface area contributed by atoms with Gasteiger partial charge < -0.3 is 14.2 Å².